The van der Waals surface area contributed by atoms with E-state index in [1.165, 1.54) is 5.56 Å². The second-order valence-electron chi connectivity index (χ2n) is 8.30. The molecule has 2 nitrogen and oxygen atoms in total. The molecule has 2 heteroatoms. The SMILES string of the molecule is CC(C)C(=O)C(C)(C)C1(O)Cc2ccc(C(C)(C)C)cc21. The average Bonchev–Trinajstić information content (AvgIpc) is 2.34. The Morgan fingerprint density at radius 3 is 2.24 bits per heavy atom. The van der Waals surface area contributed by atoms with Crippen molar-refractivity contribution in [3.8, 4) is 0 Å². The molecule has 2 rings (SSSR count). The van der Waals surface area contributed by atoms with E-state index in [2.05, 4.69) is 39.0 Å². The molecule has 0 amide bonds. The maximum atomic E-state index is 12.5. The van der Waals surface area contributed by atoms with E-state index in [-0.39, 0.29) is 17.1 Å². The maximum absolute atomic E-state index is 12.5. The summed E-state index contributed by atoms with van der Waals surface area (Å²) < 4.78 is 0. The van der Waals surface area contributed by atoms with E-state index in [1.807, 2.05) is 27.7 Å². The van der Waals surface area contributed by atoms with E-state index in [0.29, 0.717) is 6.42 Å². The molecule has 1 aliphatic carbocycles. The van der Waals surface area contributed by atoms with E-state index >= 15 is 0 Å². The molecular weight excluding hydrogens is 260 g/mol. The molecule has 0 aliphatic heterocycles. The number of Topliss-reactive ketones (excluding diaryl/α,β-unsaturated/α-hetero) is 1. The van der Waals surface area contributed by atoms with E-state index in [4.69, 9.17) is 0 Å². The summed E-state index contributed by atoms with van der Waals surface area (Å²) in [4.78, 5) is 12.5. The monoisotopic (exact) mass is 288 g/mol. The summed E-state index contributed by atoms with van der Waals surface area (Å²) in [5.41, 5.74) is 1.55. The first-order chi connectivity index (χ1) is 9.41. The minimum absolute atomic E-state index is 0.0394. The van der Waals surface area contributed by atoms with Crippen molar-refractivity contribution < 1.29 is 9.90 Å². The molecule has 1 N–H and O–H groups in total. The van der Waals surface area contributed by atoms with Gasteiger partial charge in [0.05, 0.1) is 5.41 Å². The molecule has 1 aliphatic rings. The molecule has 1 atom stereocenters. The highest BCUT2D eigenvalue weighted by molar-refractivity contribution is 5.88. The van der Waals surface area contributed by atoms with Crippen molar-refractivity contribution >= 4 is 5.78 Å². The van der Waals surface area contributed by atoms with Gasteiger partial charge in [0.15, 0.2) is 0 Å². The first-order valence-corrected chi connectivity index (χ1v) is 7.82. The summed E-state index contributed by atoms with van der Waals surface area (Å²) in [6, 6.07) is 6.32. The summed E-state index contributed by atoms with van der Waals surface area (Å²) in [5, 5.41) is 11.2. The zero-order valence-corrected chi connectivity index (χ0v) is 14.4. The average molecular weight is 288 g/mol. The quantitative estimate of drug-likeness (QED) is 0.913. The van der Waals surface area contributed by atoms with Crippen LogP contribution in [0.15, 0.2) is 18.2 Å². The third kappa shape index (κ3) is 2.34. The highest BCUT2D eigenvalue weighted by atomic mass is 16.3. The fraction of sp³-hybridized carbons (Fsp3) is 0.632. The van der Waals surface area contributed by atoms with Gasteiger partial charge in [0.25, 0.3) is 0 Å². The molecule has 1 aromatic rings. The van der Waals surface area contributed by atoms with Gasteiger partial charge < -0.3 is 5.11 Å². The van der Waals surface area contributed by atoms with Gasteiger partial charge in [0, 0.05) is 12.3 Å². The second kappa shape index (κ2) is 4.67. The van der Waals surface area contributed by atoms with Gasteiger partial charge in [-0.3, -0.25) is 4.79 Å². The number of aliphatic hydroxyl groups is 1. The van der Waals surface area contributed by atoms with Crippen LogP contribution < -0.4 is 0 Å². The van der Waals surface area contributed by atoms with E-state index in [1.54, 1.807) is 0 Å². The fourth-order valence-corrected chi connectivity index (χ4v) is 3.33. The molecule has 0 spiro atoms. The number of hydrogen-bond donors (Lipinski definition) is 1. The van der Waals surface area contributed by atoms with Gasteiger partial charge in [-0.15, -0.1) is 0 Å². The maximum Gasteiger partial charge on any atom is 0.144 e. The topological polar surface area (TPSA) is 37.3 Å². The van der Waals surface area contributed by atoms with Crippen molar-refractivity contribution in [2.24, 2.45) is 11.3 Å². The third-order valence-corrected chi connectivity index (χ3v) is 5.04. The molecule has 1 unspecified atom stereocenters. The lowest BCUT2D eigenvalue weighted by molar-refractivity contribution is -0.153. The molecule has 21 heavy (non-hydrogen) atoms. The highest BCUT2D eigenvalue weighted by Gasteiger charge is 2.56. The van der Waals surface area contributed by atoms with Gasteiger partial charge >= 0.3 is 0 Å². The van der Waals surface area contributed by atoms with Crippen LogP contribution in [0.1, 0.15) is 65.2 Å². The molecule has 0 aromatic heterocycles. The molecule has 1 aromatic carbocycles. The normalized spacial score (nSPS) is 22.0. The summed E-state index contributed by atoms with van der Waals surface area (Å²) in [5.74, 6) is 0.0516. The minimum atomic E-state index is -1.04. The largest absolute Gasteiger partial charge is 0.384 e. The summed E-state index contributed by atoms with van der Waals surface area (Å²) >= 11 is 0. The van der Waals surface area contributed by atoms with Gasteiger partial charge in [-0.25, -0.2) is 0 Å². The number of fused-ring (bicyclic) bond motifs is 1. The number of benzene rings is 1. The van der Waals surface area contributed by atoms with Crippen LogP contribution in [0.4, 0.5) is 0 Å². The number of rotatable bonds is 3. The molecule has 116 valence electrons. The van der Waals surface area contributed by atoms with Crippen LogP contribution >= 0.6 is 0 Å². The Hall–Kier alpha value is -1.15. The van der Waals surface area contributed by atoms with Crippen molar-refractivity contribution in [2.45, 2.75) is 65.9 Å². The Morgan fingerprint density at radius 2 is 1.76 bits per heavy atom. The molecule has 0 saturated heterocycles. The van der Waals surface area contributed by atoms with Gasteiger partial charge in [0.1, 0.15) is 11.4 Å². The number of carbonyl (C=O) groups excluding carboxylic acids is 1. The van der Waals surface area contributed by atoms with Gasteiger partial charge in [-0.2, -0.15) is 0 Å². The molecule has 0 fully saturated rings. The molecular formula is C19H28O2. The van der Waals surface area contributed by atoms with Crippen molar-refractivity contribution in [3.05, 3.63) is 34.9 Å². The number of hydrogen-bond acceptors (Lipinski definition) is 2. The van der Waals surface area contributed by atoms with E-state index < -0.39 is 11.0 Å². The van der Waals surface area contributed by atoms with E-state index in [0.717, 1.165) is 11.1 Å². The lowest BCUT2D eigenvalue weighted by Gasteiger charge is -2.50. The highest BCUT2D eigenvalue weighted by Crippen LogP contribution is 2.52. The van der Waals surface area contributed by atoms with Gasteiger partial charge in [0.2, 0.25) is 0 Å². The van der Waals surface area contributed by atoms with Crippen molar-refractivity contribution in [3.63, 3.8) is 0 Å². The number of carbonyl (C=O) groups is 1. The first kappa shape index (κ1) is 16.2. The minimum Gasteiger partial charge on any atom is -0.384 e. The van der Waals surface area contributed by atoms with Crippen molar-refractivity contribution in [1.29, 1.82) is 0 Å². The second-order valence-corrected chi connectivity index (χ2v) is 8.30. The van der Waals surface area contributed by atoms with Gasteiger partial charge in [-0.1, -0.05) is 52.8 Å². The lowest BCUT2D eigenvalue weighted by Crippen LogP contribution is -2.55. The lowest BCUT2D eigenvalue weighted by atomic mass is 9.56. The predicted octanol–water partition coefficient (Wildman–Crippen LogP) is 3.98. The summed E-state index contributed by atoms with van der Waals surface area (Å²) in [7, 11) is 0. The van der Waals surface area contributed by atoms with Crippen LogP contribution in [-0.4, -0.2) is 10.9 Å². The Labute approximate surface area is 128 Å². The molecule has 0 bridgehead atoms. The zero-order chi connectivity index (χ0) is 16.2. The van der Waals surface area contributed by atoms with Crippen molar-refractivity contribution in [1.82, 2.24) is 0 Å². The van der Waals surface area contributed by atoms with E-state index in [9.17, 15) is 9.90 Å². The third-order valence-electron chi connectivity index (χ3n) is 5.04. The Morgan fingerprint density at radius 1 is 1.19 bits per heavy atom. The zero-order valence-electron chi connectivity index (χ0n) is 14.4. The molecule has 0 radical (unpaired) electrons. The molecule has 0 saturated carbocycles. The van der Waals surface area contributed by atoms with Gasteiger partial charge in [-0.05, 0) is 36.0 Å². The first-order valence-electron chi connectivity index (χ1n) is 7.82. The van der Waals surface area contributed by atoms with Crippen LogP contribution in [0.2, 0.25) is 0 Å². The standard InChI is InChI=1S/C19H28O2/c1-12(2)16(20)18(6,7)19(21)11-13-8-9-14(10-15(13)19)17(3,4)5/h8-10,12,21H,11H2,1-7H3. The fourth-order valence-electron chi connectivity index (χ4n) is 3.33. The smallest absolute Gasteiger partial charge is 0.144 e. The van der Waals surface area contributed by atoms with Crippen LogP contribution in [0.5, 0.6) is 0 Å². The Bertz CT molecular complexity index is 576. The Kier molecular flexibility index (Phi) is 3.61. The van der Waals surface area contributed by atoms with Crippen LogP contribution in [0.25, 0.3) is 0 Å². The summed E-state index contributed by atoms with van der Waals surface area (Å²) in [6.45, 7) is 14.0. The predicted molar refractivity (Wildman–Crippen MR) is 86.4 cm³/mol. The van der Waals surface area contributed by atoms with Crippen molar-refractivity contribution in [2.75, 3.05) is 0 Å². The Balaban J connectivity index is 2.47. The summed E-state index contributed by atoms with van der Waals surface area (Å²) in [6.07, 6.45) is 0.568. The molecule has 0 heterocycles. The van der Waals surface area contributed by atoms with Crippen LogP contribution in [-0.2, 0) is 22.2 Å². The van der Waals surface area contributed by atoms with Crippen LogP contribution in [0.3, 0.4) is 0 Å². The van der Waals surface area contributed by atoms with Crippen LogP contribution in [0, 0.1) is 11.3 Å². The number of ketones is 1.